The van der Waals surface area contributed by atoms with Crippen molar-refractivity contribution < 1.29 is 14.0 Å². The van der Waals surface area contributed by atoms with Crippen molar-refractivity contribution in [3.8, 4) is 0 Å². The molecule has 0 aromatic rings. The summed E-state index contributed by atoms with van der Waals surface area (Å²) in [6.45, 7) is 13.9. The van der Waals surface area contributed by atoms with Crippen LogP contribution in [0.3, 0.4) is 0 Å². The summed E-state index contributed by atoms with van der Waals surface area (Å²) in [7, 11) is -1.68. The van der Waals surface area contributed by atoms with Gasteiger partial charge in [-0.3, -0.25) is 4.79 Å². The number of esters is 1. The van der Waals surface area contributed by atoms with Gasteiger partial charge in [0.25, 0.3) is 0 Å². The number of ether oxygens (including phenoxy) is 1. The van der Waals surface area contributed by atoms with Crippen LogP contribution in [0, 0.1) is 0 Å². The van der Waals surface area contributed by atoms with Crippen LogP contribution in [0.25, 0.3) is 0 Å². The molecule has 1 heterocycles. The molecule has 0 aromatic heterocycles. The molecular formula is C14H28O3Si. The Balaban J connectivity index is 2.44. The van der Waals surface area contributed by atoms with Crippen LogP contribution < -0.4 is 0 Å². The number of hydrogen-bond acceptors (Lipinski definition) is 3. The Labute approximate surface area is 112 Å². The third-order valence-electron chi connectivity index (χ3n) is 4.35. The maximum atomic E-state index is 11.3. The lowest BCUT2D eigenvalue weighted by Gasteiger charge is -2.38. The van der Waals surface area contributed by atoms with Gasteiger partial charge in [0.1, 0.15) is 5.60 Å². The number of carbonyl (C=O) groups excluding carboxylic acids is 1. The molecule has 1 aliphatic rings. The van der Waals surface area contributed by atoms with Crippen molar-refractivity contribution in [1.82, 2.24) is 0 Å². The van der Waals surface area contributed by atoms with Gasteiger partial charge >= 0.3 is 5.97 Å². The van der Waals surface area contributed by atoms with E-state index in [1.807, 2.05) is 6.92 Å². The Bertz CT molecular complexity index is 307. The minimum atomic E-state index is -1.68. The third-order valence-corrected chi connectivity index (χ3v) is 8.88. The fourth-order valence-electron chi connectivity index (χ4n) is 1.90. The van der Waals surface area contributed by atoms with Crippen LogP contribution >= 0.6 is 0 Å². The predicted octanol–water partition coefficient (Wildman–Crippen LogP) is 3.88. The molecule has 1 atom stereocenters. The number of cyclic esters (lactones) is 1. The summed E-state index contributed by atoms with van der Waals surface area (Å²) in [6.07, 6.45) is 3.28. The van der Waals surface area contributed by atoms with Gasteiger partial charge in [-0.2, -0.15) is 0 Å². The van der Waals surface area contributed by atoms with E-state index >= 15 is 0 Å². The van der Waals surface area contributed by atoms with Crippen LogP contribution in [-0.2, 0) is 14.0 Å². The van der Waals surface area contributed by atoms with Crippen molar-refractivity contribution in [1.29, 1.82) is 0 Å². The lowest BCUT2D eigenvalue weighted by Crippen LogP contribution is -2.43. The fraction of sp³-hybridized carbons (Fsp3) is 0.929. The Morgan fingerprint density at radius 3 is 2.50 bits per heavy atom. The average Bonchev–Trinajstić information content (AvgIpc) is 2.14. The van der Waals surface area contributed by atoms with E-state index in [1.54, 1.807) is 0 Å². The van der Waals surface area contributed by atoms with Crippen LogP contribution in [0.15, 0.2) is 0 Å². The van der Waals surface area contributed by atoms with Crippen LogP contribution in [0.4, 0.5) is 0 Å². The maximum Gasteiger partial charge on any atom is 0.306 e. The normalized spacial score (nSPS) is 26.0. The van der Waals surface area contributed by atoms with Gasteiger partial charge in [0.05, 0.1) is 0 Å². The molecule has 1 fully saturated rings. The summed E-state index contributed by atoms with van der Waals surface area (Å²) in [6, 6.07) is 0. The van der Waals surface area contributed by atoms with Crippen LogP contribution in [0.2, 0.25) is 18.1 Å². The summed E-state index contributed by atoms with van der Waals surface area (Å²) < 4.78 is 11.6. The molecule has 0 amide bonds. The Morgan fingerprint density at radius 1 is 1.39 bits per heavy atom. The molecule has 18 heavy (non-hydrogen) atoms. The second-order valence-corrected chi connectivity index (χ2v) is 11.9. The van der Waals surface area contributed by atoms with Crippen molar-refractivity contribution in [2.24, 2.45) is 0 Å². The van der Waals surface area contributed by atoms with E-state index < -0.39 is 8.32 Å². The van der Waals surface area contributed by atoms with Gasteiger partial charge in [0.15, 0.2) is 8.32 Å². The molecule has 0 aliphatic carbocycles. The number of hydrogen-bond donors (Lipinski definition) is 0. The summed E-state index contributed by atoms with van der Waals surface area (Å²) in [5.41, 5.74) is -0.308. The maximum absolute atomic E-state index is 11.3. The van der Waals surface area contributed by atoms with Crippen LogP contribution in [-0.4, -0.2) is 26.5 Å². The average molecular weight is 272 g/mol. The van der Waals surface area contributed by atoms with Crippen molar-refractivity contribution in [3.63, 3.8) is 0 Å². The zero-order valence-electron chi connectivity index (χ0n) is 12.8. The SMILES string of the molecule is CC(C)(C)[Si](C)(C)OCC[C@@]1(C)CCCC(=O)O1. The van der Waals surface area contributed by atoms with Gasteiger partial charge in [-0.1, -0.05) is 20.8 Å². The molecule has 0 N–H and O–H groups in total. The highest BCUT2D eigenvalue weighted by Crippen LogP contribution is 2.37. The van der Waals surface area contributed by atoms with Crippen molar-refractivity contribution in [2.75, 3.05) is 6.61 Å². The Morgan fingerprint density at radius 2 is 2.00 bits per heavy atom. The number of rotatable bonds is 4. The van der Waals surface area contributed by atoms with E-state index in [9.17, 15) is 4.79 Å². The van der Waals surface area contributed by atoms with Gasteiger partial charge in [0.2, 0.25) is 0 Å². The lowest BCUT2D eigenvalue weighted by molar-refractivity contribution is -0.166. The molecule has 0 unspecified atom stereocenters. The molecular weight excluding hydrogens is 244 g/mol. The standard InChI is InChI=1S/C14H28O3Si/c1-13(2,3)18(5,6)16-11-10-14(4)9-7-8-12(15)17-14/h7-11H2,1-6H3/t14-/m1/s1. The summed E-state index contributed by atoms with van der Waals surface area (Å²) in [5.74, 6) is -0.0592. The highest BCUT2D eigenvalue weighted by molar-refractivity contribution is 6.74. The molecule has 0 spiro atoms. The molecule has 4 heteroatoms. The smallest absolute Gasteiger partial charge is 0.306 e. The van der Waals surface area contributed by atoms with Gasteiger partial charge in [-0.05, 0) is 37.9 Å². The van der Waals surface area contributed by atoms with Crippen molar-refractivity contribution in [2.45, 2.75) is 77.1 Å². The topological polar surface area (TPSA) is 35.5 Å². The predicted molar refractivity (Wildman–Crippen MR) is 76.1 cm³/mol. The summed E-state index contributed by atoms with van der Waals surface area (Å²) >= 11 is 0. The third kappa shape index (κ3) is 4.09. The van der Waals surface area contributed by atoms with E-state index in [-0.39, 0.29) is 16.6 Å². The van der Waals surface area contributed by atoms with E-state index in [0.29, 0.717) is 13.0 Å². The first-order valence-corrected chi connectivity index (χ1v) is 9.82. The van der Waals surface area contributed by atoms with Gasteiger partial charge in [-0.15, -0.1) is 0 Å². The molecule has 0 saturated carbocycles. The van der Waals surface area contributed by atoms with Crippen molar-refractivity contribution >= 4 is 14.3 Å². The largest absolute Gasteiger partial charge is 0.459 e. The minimum absolute atomic E-state index is 0.0592. The van der Waals surface area contributed by atoms with Crippen LogP contribution in [0.5, 0.6) is 0 Å². The van der Waals surface area contributed by atoms with E-state index in [0.717, 1.165) is 19.3 Å². The Kier molecular flexibility index (Phi) is 4.65. The van der Waals surface area contributed by atoms with Crippen LogP contribution in [0.1, 0.15) is 53.4 Å². The quantitative estimate of drug-likeness (QED) is 0.575. The van der Waals surface area contributed by atoms with Gasteiger partial charge in [-0.25, -0.2) is 0 Å². The summed E-state index contributed by atoms with van der Waals surface area (Å²) in [5, 5.41) is 0.233. The van der Waals surface area contributed by atoms with E-state index in [2.05, 4.69) is 33.9 Å². The van der Waals surface area contributed by atoms with Gasteiger partial charge in [0, 0.05) is 19.4 Å². The zero-order chi connectivity index (χ0) is 14.0. The first-order valence-electron chi connectivity index (χ1n) is 6.92. The molecule has 0 bridgehead atoms. The highest BCUT2D eigenvalue weighted by atomic mass is 28.4. The second-order valence-electron chi connectivity index (χ2n) is 7.14. The molecule has 1 rings (SSSR count). The molecule has 3 nitrogen and oxygen atoms in total. The Hall–Kier alpha value is -0.353. The fourth-order valence-corrected chi connectivity index (χ4v) is 2.94. The molecule has 0 aromatic carbocycles. The minimum Gasteiger partial charge on any atom is -0.459 e. The summed E-state index contributed by atoms with van der Waals surface area (Å²) in [4.78, 5) is 11.3. The molecule has 106 valence electrons. The highest BCUT2D eigenvalue weighted by Gasteiger charge is 2.38. The molecule has 1 saturated heterocycles. The van der Waals surface area contributed by atoms with E-state index in [1.165, 1.54) is 0 Å². The number of carbonyl (C=O) groups is 1. The van der Waals surface area contributed by atoms with Gasteiger partial charge < -0.3 is 9.16 Å². The monoisotopic (exact) mass is 272 g/mol. The van der Waals surface area contributed by atoms with E-state index in [4.69, 9.17) is 9.16 Å². The first-order chi connectivity index (χ1) is 8.06. The zero-order valence-corrected chi connectivity index (χ0v) is 13.8. The molecule has 0 radical (unpaired) electrons. The lowest BCUT2D eigenvalue weighted by atomic mass is 9.93. The first kappa shape index (κ1) is 15.7. The van der Waals surface area contributed by atoms with Crippen molar-refractivity contribution in [3.05, 3.63) is 0 Å². The molecule has 1 aliphatic heterocycles. The second kappa shape index (κ2) is 5.33.